The highest BCUT2D eigenvalue weighted by Gasteiger charge is 2.51. The molecule has 1 spiro atoms. The molecule has 2 aromatic carbocycles. The molecule has 0 aromatic heterocycles. The van der Waals surface area contributed by atoms with Crippen LogP contribution in [0.15, 0.2) is 48.5 Å². The molecule has 6 heteroatoms. The van der Waals surface area contributed by atoms with E-state index < -0.39 is 5.54 Å². The van der Waals surface area contributed by atoms with Gasteiger partial charge < -0.3 is 15.0 Å². The molecule has 3 aliphatic rings. The molecule has 0 bridgehead atoms. The van der Waals surface area contributed by atoms with E-state index in [2.05, 4.69) is 27.2 Å². The maximum Gasteiger partial charge on any atom is 0.247 e. The summed E-state index contributed by atoms with van der Waals surface area (Å²) in [4.78, 5) is 17.6. The van der Waals surface area contributed by atoms with E-state index in [1.807, 2.05) is 36.4 Å². The minimum absolute atomic E-state index is 0.159. The topological polar surface area (TPSA) is 44.8 Å². The number of nitrogens with zero attached hydrogens (tertiary/aromatic N) is 2. The molecule has 2 aromatic rings. The summed E-state index contributed by atoms with van der Waals surface area (Å²) in [6.07, 6.45) is 2.59. The number of fused-ring (bicyclic) bond motifs is 1. The number of ether oxygens (including phenoxy) is 1. The van der Waals surface area contributed by atoms with E-state index in [1.165, 1.54) is 5.56 Å². The van der Waals surface area contributed by atoms with Crippen LogP contribution in [-0.4, -0.2) is 42.7 Å². The molecule has 28 heavy (non-hydrogen) atoms. The van der Waals surface area contributed by atoms with Crippen LogP contribution in [0.3, 0.4) is 0 Å². The first-order chi connectivity index (χ1) is 13.7. The number of likely N-dealkylation sites (tertiary alicyclic amines) is 1. The molecule has 5 nitrogen and oxygen atoms in total. The summed E-state index contributed by atoms with van der Waals surface area (Å²) in [6.45, 7) is 3.07. The van der Waals surface area contributed by atoms with Gasteiger partial charge in [-0.3, -0.25) is 9.69 Å². The van der Waals surface area contributed by atoms with Crippen LogP contribution in [0.4, 0.5) is 5.69 Å². The fourth-order valence-corrected chi connectivity index (χ4v) is 5.15. The Bertz CT molecular complexity index is 881. The van der Waals surface area contributed by atoms with Gasteiger partial charge in [0.15, 0.2) is 0 Å². The Balaban J connectivity index is 1.38. The molecule has 1 amide bonds. The molecule has 0 radical (unpaired) electrons. The van der Waals surface area contributed by atoms with Crippen molar-refractivity contribution in [2.75, 3.05) is 31.3 Å². The maximum atomic E-state index is 12.9. The van der Waals surface area contributed by atoms with Crippen molar-refractivity contribution in [1.82, 2.24) is 10.2 Å². The van der Waals surface area contributed by atoms with Crippen molar-refractivity contribution in [2.24, 2.45) is 0 Å². The molecule has 146 valence electrons. The third kappa shape index (κ3) is 2.85. The van der Waals surface area contributed by atoms with Gasteiger partial charge in [0.25, 0.3) is 0 Å². The third-order valence-electron chi connectivity index (χ3n) is 6.45. The lowest BCUT2D eigenvalue weighted by atomic mass is 9.84. The second kappa shape index (κ2) is 6.98. The van der Waals surface area contributed by atoms with E-state index >= 15 is 0 Å². The van der Waals surface area contributed by atoms with Gasteiger partial charge in [0.2, 0.25) is 5.91 Å². The van der Waals surface area contributed by atoms with Gasteiger partial charge in [-0.15, -0.1) is 0 Å². The first-order valence-corrected chi connectivity index (χ1v) is 10.3. The molecule has 0 saturated carbocycles. The first kappa shape index (κ1) is 17.8. The summed E-state index contributed by atoms with van der Waals surface area (Å²) >= 11 is 6.25. The number of piperidine rings is 1. The summed E-state index contributed by atoms with van der Waals surface area (Å²) in [6, 6.07) is 16.4. The number of carbonyl (C=O) groups excluding carboxylic acids is 1. The quantitative estimate of drug-likeness (QED) is 0.841. The monoisotopic (exact) mass is 397 g/mol. The minimum atomic E-state index is -0.444. The summed E-state index contributed by atoms with van der Waals surface area (Å²) in [5.41, 5.74) is 1.84. The normalized spacial score (nSPS) is 24.0. The Labute approximate surface area is 170 Å². The lowest BCUT2D eigenvalue weighted by Gasteiger charge is -2.46. The summed E-state index contributed by atoms with van der Waals surface area (Å²) in [5, 5.41) is 3.82. The van der Waals surface area contributed by atoms with Crippen molar-refractivity contribution in [3.8, 4) is 5.75 Å². The van der Waals surface area contributed by atoms with Gasteiger partial charge in [-0.1, -0.05) is 29.8 Å². The van der Waals surface area contributed by atoms with Crippen LogP contribution in [0.5, 0.6) is 5.75 Å². The number of rotatable bonds is 2. The summed E-state index contributed by atoms with van der Waals surface area (Å²) < 4.78 is 5.83. The predicted octanol–water partition coefficient (Wildman–Crippen LogP) is 3.59. The molecular weight excluding hydrogens is 374 g/mol. The fraction of sp³-hybridized carbons (Fsp3) is 0.409. The van der Waals surface area contributed by atoms with Gasteiger partial charge in [-0.25, -0.2) is 0 Å². The third-order valence-corrected chi connectivity index (χ3v) is 6.69. The zero-order valence-electron chi connectivity index (χ0n) is 15.7. The molecule has 2 fully saturated rings. The van der Waals surface area contributed by atoms with Crippen molar-refractivity contribution in [3.63, 3.8) is 0 Å². The summed E-state index contributed by atoms with van der Waals surface area (Å²) in [5.74, 6) is 1.09. The molecule has 3 aliphatic heterocycles. The van der Waals surface area contributed by atoms with Crippen molar-refractivity contribution in [1.29, 1.82) is 0 Å². The van der Waals surface area contributed by atoms with E-state index in [0.717, 1.165) is 55.4 Å². The lowest BCUT2D eigenvalue weighted by Crippen LogP contribution is -2.57. The van der Waals surface area contributed by atoms with E-state index in [4.69, 9.17) is 16.3 Å². The number of nitrogens with one attached hydrogen (secondary N) is 1. The van der Waals surface area contributed by atoms with E-state index in [0.29, 0.717) is 12.7 Å². The second-order valence-corrected chi connectivity index (χ2v) is 8.27. The summed E-state index contributed by atoms with van der Waals surface area (Å²) in [7, 11) is 0. The van der Waals surface area contributed by atoms with E-state index in [9.17, 15) is 4.79 Å². The van der Waals surface area contributed by atoms with Gasteiger partial charge in [0.05, 0.1) is 13.3 Å². The Morgan fingerprint density at radius 1 is 1.11 bits per heavy atom. The standard InChI is InChI=1S/C22H24ClN3O2/c23-16-6-7-20-18(14-16)19(8-13-28-20)25-11-9-22(10-12-25)21(27)24-15-26(22)17-4-2-1-3-5-17/h1-7,14,19H,8-13,15H2,(H,24,27). The minimum Gasteiger partial charge on any atom is -0.493 e. The van der Waals surface area contributed by atoms with E-state index in [1.54, 1.807) is 0 Å². The van der Waals surface area contributed by atoms with Gasteiger partial charge in [0.1, 0.15) is 11.3 Å². The van der Waals surface area contributed by atoms with Crippen LogP contribution in [0.25, 0.3) is 0 Å². The Morgan fingerprint density at radius 2 is 1.89 bits per heavy atom. The lowest BCUT2D eigenvalue weighted by molar-refractivity contribution is -0.125. The van der Waals surface area contributed by atoms with Crippen LogP contribution in [0.2, 0.25) is 5.02 Å². The number of anilines is 1. The fourth-order valence-electron chi connectivity index (χ4n) is 4.96. The van der Waals surface area contributed by atoms with Crippen LogP contribution < -0.4 is 15.0 Å². The molecule has 1 unspecified atom stereocenters. The molecule has 1 atom stereocenters. The average molecular weight is 398 g/mol. The zero-order valence-corrected chi connectivity index (χ0v) is 16.5. The van der Waals surface area contributed by atoms with Crippen molar-refractivity contribution in [3.05, 3.63) is 59.1 Å². The number of para-hydroxylation sites is 1. The Hall–Kier alpha value is -2.24. The van der Waals surface area contributed by atoms with Gasteiger partial charge in [-0.2, -0.15) is 0 Å². The molecule has 2 saturated heterocycles. The Morgan fingerprint density at radius 3 is 2.68 bits per heavy atom. The van der Waals surface area contributed by atoms with Crippen LogP contribution in [0, 0.1) is 0 Å². The number of hydrogen-bond acceptors (Lipinski definition) is 4. The molecule has 5 rings (SSSR count). The maximum absolute atomic E-state index is 12.9. The largest absolute Gasteiger partial charge is 0.493 e. The SMILES string of the molecule is O=C1NCN(c2ccccc2)C12CCN(C1CCOc3ccc(Cl)cc31)CC2. The van der Waals surface area contributed by atoms with Crippen LogP contribution in [0.1, 0.15) is 30.9 Å². The molecule has 1 N–H and O–H groups in total. The number of amides is 1. The van der Waals surface area contributed by atoms with Crippen molar-refractivity contribution in [2.45, 2.75) is 30.8 Å². The average Bonchev–Trinajstić information content (AvgIpc) is 3.04. The Kier molecular flexibility index (Phi) is 4.44. The molecule has 0 aliphatic carbocycles. The predicted molar refractivity (Wildman–Crippen MR) is 110 cm³/mol. The highest BCUT2D eigenvalue weighted by molar-refractivity contribution is 6.30. The smallest absolute Gasteiger partial charge is 0.247 e. The van der Waals surface area contributed by atoms with Crippen molar-refractivity contribution >= 4 is 23.2 Å². The van der Waals surface area contributed by atoms with Gasteiger partial charge in [-0.05, 0) is 43.2 Å². The van der Waals surface area contributed by atoms with Crippen LogP contribution in [-0.2, 0) is 4.79 Å². The molecular formula is C22H24ClN3O2. The molecule has 3 heterocycles. The zero-order chi connectivity index (χ0) is 19.1. The second-order valence-electron chi connectivity index (χ2n) is 7.83. The van der Waals surface area contributed by atoms with Gasteiger partial charge >= 0.3 is 0 Å². The first-order valence-electron chi connectivity index (χ1n) is 9.95. The number of benzene rings is 2. The number of carbonyl (C=O) groups is 1. The van der Waals surface area contributed by atoms with Gasteiger partial charge in [0, 0.05) is 41.8 Å². The highest BCUT2D eigenvalue weighted by Crippen LogP contribution is 2.42. The number of halogens is 1. The van der Waals surface area contributed by atoms with Crippen molar-refractivity contribution < 1.29 is 9.53 Å². The number of hydrogen-bond donors (Lipinski definition) is 1. The highest BCUT2D eigenvalue weighted by atomic mass is 35.5. The van der Waals surface area contributed by atoms with Crippen LogP contribution >= 0.6 is 11.6 Å². The van der Waals surface area contributed by atoms with E-state index in [-0.39, 0.29) is 5.91 Å².